The third kappa shape index (κ3) is 6.52. The minimum Gasteiger partial charge on any atom is -0.489 e. The van der Waals surface area contributed by atoms with E-state index >= 15 is 0 Å². The quantitative estimate of drug-likeness (QED) is 0.400. The number of nitrogens with one attached hydrogen (secondary N) is 1. The van der Waals surface area contributed by atoms with E-state index < -0.39 is 0 Å². The summed E-state index contributed by atoms with van der Waals surface area (Å²) in [5.41, 5.74) is 4.16. The van der Waals surface area contributed by atoms with Crippen molar-refractivity contribution < 1.29 is 9.53 Å². The van der Waals surface area contributed by atoms with Gasteiger partial charge in [0.15, 0.2) is 0 Å². The monoisotopic (exact) mass is 428 g/mol. The Morgan fingerprint density at radius 1 is 0.871 bits per heavy atom. The maximum absolute atomic E-state index is 12.4. The predicted molar refractivity (Wildman–Crippen MR) is 124 cm³/mol. The molecular weight excluding hydrogens is 404 g/mol. The molecule has 0 saturated heterocycles. The summed E-state index contributed by atoms with van der Waals surface area (Å²) in [5.74, 6) is 0.757. The Morgan fingerprint density at radius 3 is 2.35 bits per heavy atom. The third-order valence-corrected chi connectivity index (χ3v) is 5.67. The van der Waals surface area contributed by atoms with Gasteiger partial charge in [-0.15, -0.1) is 11.3 Å². The lowest BCUT2D eigenvalue weighted by atomic mass is 10.2. The van der Waals surface area contributed by atoms with Crippen LogP contribution in [-0.4, -0.2) is 10.9 Å². The number of rotatable bonds is 9. The summed E-state index contributed by atoms with van der Waals surface area (Å²) in [6.45, 7) is 0.980. The Balaban J connectivity index is 1.25. The van der Waals surface area contributed by atoms with Crippen molar-refractivity contribution in [1.29, 1.82) is 0 Å². The number of benzene rings is 3. The maximum atomic E-state index is 12.4. The molecule has 0 bridgehead atoms. The minimum atomic E-state index is -0.0350. The van der Waals surface area contributed by atoms with Gasteiger partial charge in [0.1, 0.15) is 12.4 Å². The smallest absolute Gasteiger partial charge is 0.226 e. The van der Waals surface area contributed by atoms with Gasteiger partial charge in [0.25, 0.3) is 0 Å². The number of aromatic nitrogens is 1. The Kier molecular flexibility index (Phi) is 7.08. The molecule has 0 saturated carbocycles. The van der Waals surface area contributed by atoms with Crippen LogP contribution < -0.4 is 10.1 Å². The highest BCUT2D eigenvalue weighted by atomic mass is 32.1. The van der Waals surface area contributed by atoms with E-state index in [0.29, 0.717) is 13.2 Å². The zero-order valence-electron chi connectivity index (χ0n) is 17.2. The first kappa shape index (κ1) is 20.8. The highest BCUT2D eigenvalue weighted by Gasteiger charge is 2.09. The van der Waals surface area contributed by atoms with E-state index in [9.17, 15) is 4.79 Å². The van der Waals surface area contributed by atoms with Gasteiger partial charge in [-0.1, -0.05) is 72.8 Å². The van der Waals surface area contributed by atoms with Crippen LogP contribution in [0, 0.1) is 0 Å². The summed E-state index contributed by atoms with van der Waals surface area (Å²) in [5, 5.41) is 5.97. The molecule has 0 aliphatic carbocycles. The number of amides is 1. The maximum Gasteiger partial charge on any atom is 0.226 e. The molecule has 0 atom stereocenters. The molecule has 1 heterocycles. The van der Waals surface area contributed by atoms with E-state index in [4.69, 9.17) is 4.74 Å². The predicted octanol–water partition coefficient (Wildman–Crippen LogP) is 5.17. The van der Waals surface area contributed by atoms with Crippen LogP contribution in [0.15, 0.2) is 90.3 Å². The lowest BCUT2D eigenvalue weighted by Crippen LogP contribution is -2.24. The molecule has 0 unspecified atom stereocenters. The summed E-state index contributed by atoms with van der Waals surface area (Å²) < 4.78 is 5.87. The van der Waals surface area contributed by atoms with E-state index in [2.05, 4.69) is 22.4 Å². The van der Waals surface area contributed by atoms with Crippen LogP contribution in [0.5, 0.6) is 5.75 Å². The molecule has 1 aromatic heterocycles. The molecule has 0 fully saturated rings. The fourth-order valence-electron chi connectivity index (χ4n) is 3.20. The van der Waals surface area contributed by atoms with Crippen molar-refractivity contribution in [3.05, 3.63) is 118 Å². The SMILES string of the molecule is O=C(Cc1csc(Cc2ccccc2)n1)NCc1cccc(OCc2ccccc2)c1. The molecule has 5 heteroatoms. The van der Waals surface area contributed by atoms with Gasteiger partial charge in [-0.2, -0.15) is 0 Å². The molecule has 1 N–H and O–H groups in total. The van der Waals surface area contributed by atoms with Crippen LogP contribution in [0.2, 0.25) is 0 Å². The summed E-state index contributed by atoms with van der Waals surface area (Å²) in [7, 11) is 0. The second-order valence-corrected chi connectivity index (χ2v) is 8.21. The first-order valence-corrected chi connectivity index (χ1v) is 11.1. The molecule has 4 rings (SSSR count). The van der Waals surface area contributed by atoms with Crippen LogP contribution in [0.25, 0.3) is 0 Å². The molecule has 31 heavy (non-hydrogen) atoms. The standard InChI is InChI=1S/C26H24N2O2S/c29-25(16-23-19-31-26(28-23)15-20-8-3-1-4-9-20)27-17-22-12-7-13-24(14-22)30-18-21-10-5-2-6-11-21/h1-14,19H,15-18H2,(H,27,29). The minimum absolute atomic E-state index is 0.0350. The average molecular weight is 429 g/mol. The molecule has 0 aliphatic rings. The van der Waals surface area contributed by atoms with Crippen LogP contribution in [0.1, 0.15) is 27.4 Å². The van der Waals surface area contributed by atoms with Gasteiger partial charge in [0.2, 0.25) is 5.91 Å². The van der Waals surface area contributed by atoms with E-state index in [0.717, 1.165) is 34.0 Å². The van der Waals surface area contributed by atoms with Crippen LogP contribution in [0.4, 0.5) is 0 Å². The van der Waals surface area contributed by atoms with E-state index in [-0.39, 0.29) is 12.3 Å². The number of hydrogen-bond acceptors (Lipinski definition) is 4. The number of thiazole rings is 1. The van der Waals surface area contributed by atoms with Crippen molar-refractivity contribution in [3.63, 3.8) is 0 Å². The summed E-state index contributed by atoms with van der Waals surface area (Å²) in [4.78, 5) is 17.0. The molecule has 4 aromatic rings. The van der Waals surface area contributed by atoms with Crippen molar-refractivity contribution >= 4 is 17.2 Å². The fraction of sp³-hybridized carbons (Fsp3) is 0.154. The second kappa shape index (κ2) is 10.5. The van der Waals surface area contributed by atoms with Gasteiger partial charge in [0.05, 0.1) is 17.1 Å². The topological polar surface area (TPSA) is 51.2 Å². The van der Waals surface area contributed by atoms with Crippen LogP contribution in [0.3, 0.4) is 0 Å². The number of nitrogens with zero attached hydrogens (tertiary/aromatic N) is 1. The highest BCUT2D eigenvalue weighted by Crippen LogP contribution is 2.17. The van der Waals surface area contributed by atoms with Gasteiger partial charge < -0.3 is 10.1 Å². The normalized spacial score (nSPS) is 10.6. The number of carbonyl (C=O) groups excluding carboxylic acids is 1. The molecule has 3 aromatic carbocycles. The van der Waals surface area contributed by atoms with Gasteiger partial charge in [-0.05, 0) is 28.8 Å². The third-order valence-electron chi connectivity index (χ3n) is 4.78. The van der Waals surface area contributed by atoms with Gasteiger partial charge >= 0.3 is 0 Å². The Bertz CT molecular complexity index is 1110. The Morgan fingerprint density at radius 2 is 1.58 bits per heavy atom. The largest absolute Gasteiger partial charge is 0.489 e. The van der Waals surface area contributed by atoms with Crippen molar-refractivity contribution in [2.75, 3.05) is 0 Å². The van der Waals surface area contributed by atoms with E-state index in [1.807, 2.05) is 78.2 Å². The summed E-state index contributed by atoms with van der Waals surface area (Å²) >= 11 is 1.60. The first-order valence-electron chi connectivity index (χ1n) is 10.2. The molecule has 1 amide bonds. The van der Waals surface area contributed by atoms with Crippen molar-refractivity contribution in [2.45, 2.75) is 26.0 Å². The van der Waals surface area contributed by atoms with Crippen LogP contribution >= 0.6 is 11.3 Å². The summed E-state index contributed by atoms with van der Waals surface area (Å²) in [6.07, 6.45) is 1.08. The molecule has 156 valence electrons. The summed E-state index contributed by atoms with van der Waals surface area (Å²) in [6, 6.07) is 28.1. The zero-order chi connectivity index (χ0) is 21.3. The van der Waals surface area contributed by atoms with E-state index in [1.54, 1.807) is 11.3 Å². The number of hydrogen-bond donors (Lipinski definition) is 1. The number of ether oxygens (including phenoxy) is 1. The molecular formula is C26H24N2O2S. The fourth-order valence-corrected chi connectivity index (χ4v) is 4.02. The van der Waals surface area contributed by atoms with Crippen molar-refractivity contribution in [1.82, 2.24) is 10.3 Å². The molecule has 0 radical (unpaired) electrons. The van der Waals surface area contributed by atoms with Gasteiger partial charge in [0, 0.05) is 18.3 Å². The Hall–Kier alpha value is -3.44. The first-order chi connectivity index (χ1) is 15.2. The zero-order valence-corrected chi connectivity index (χ0v) is 18.0. The Labute approximate surface area is 186 Å². The van der Waals surface area contributed by atoms with Gasteiger partial charge in [-0.3, -0.25) is 4.79 Å². The van der Waals surface area contributed by atoms with Crippen molar-refractivity contribution in [2.24, 2.45) is 0 Å². The molecule has 0 spiro atoms. The molecule has 4 nitrogen and oxygen atoms in total. The van der Waals surface area contributed by atoms with Crippen LogP contribution in [-0.2, 0) is 30.8 Å². The van der Waals surface area contributed by atoms with Gasteiger partial charge in [-0.25, -0.2) is 4.98 Å². The van der Waals surface area contributed by atoms with Crippen molar-refractivity contribution in [3.8, 4) is 5.75 Å². The lowest BCUT2D eigenvalue weighted by molar-refractivity contribution is -0.120. The lowest BCUT2D eigenvalue weighted by Gasteiger charge is -2.09. The number of carbonyl (C=O) groups is 1. The highest BCUT2D eigenvalue weighted by molar-refractivity contribution is 7.09. The molecule has 0 aliphatic heterocycles. The van der Waals surface area contributed by atoms with E-state index in [1.165, 1.54) is 5.56 Å². The second-order valence-electron chi connectivity index (χ2n) is 7.27. The average Bonchev–Trinajstić information content (AvgIpc) is 3.24.